The molecule has 4 heteroatoms. The molecule has 0 saturated carbocycles. The van der Waals surface area contributed by atoms with E-state index in [1.807, 2.05) is 28.9 Å². The van der Waals surface area contributed by atoms with Gasteiger partial charge in [0.25, 0.3) is 0 Å². The first-order valence-electron chi connectivity index (χ1n) is 12.9. The molecule has 0 amide bonds. The summed E-state index contributed by atoms with van der Waals surface area (Å²) in [6.45, 7) is 8.29. The zero-order valence-corrected chi connectivity index (χ0v) is 22.3. The predicted octanol–water partition coefficient (Wildman–Crippen LogP) is 6.18. The van der Waals surface area contributed by atoms with Crippen molar-refractivity contribution in [3.05, 3.63) is 107 Å². The van der Waals surface area contributed by atoms with E-state index in [0.717, 1.165) is 22.3 Å². The van der Waals surface area contributed by atoms with Crippen LogP contribution in [-0.2, 0) is 12.8 Å². The summed E-state index contributed by atoms with van der Waals surface area (Å²) in [5.74, 6) is 0. The quantitative estimate of drug-likeness (QED) is 0.281. The fourth-order valence-electron chi connectivity index (χ4n) is 6.90. The van der Waals surface area contributed by atoms with Crippen LogP contribution in [0.1, 0.15) is 49.9 Å². The van der Waals surface area contributed by atoms with E-state index < -0.39 is 7.21 Å². The minimum absolute atomic E-state index is 0.0723. The normalized spacial score (nSPS) is 15.0. The van der Waals surface area contributed by atoms with Crippen molar-refractivity contribution in [2.24, 2.45) is 0 Å². The molecule has 0 unspecified atom stereocenters. The van der Waals surface area contributed by atoms with Crippen molar-refractivity contribution in [3.8, 4) is 22.3 Å². The number of nitrogens with zero attached hydrogens (tertiary/aromatic N) is 1. The molecule has 0 aromatic heterocycles. The van der Waals surface area contributed by atoms with E-state index in [9.17, 15) is 9.79 Å². The van der Waals surface area contributed by atoms with Crippen LogP contribution >= 0.6 is 7.21 Å². The summed E-state index contributed by atoms with van der Waals surface area (Å²) in [6, 6.07) is 28.9. The van der Waals surface area contributed by atoms with E-state index in [-0.39, 0.29) is 12.1 Å². The van der Waals surface area contributed by atoms with Crippen molar-refractivity contribution in [1.82, 2.24) is 4.67 Å². The van der Waals surface area contributed by atoms with E-state index in [2.05, 4.69) is 88.4 Å². The van der Waals surface area contributed by atoms with Crippen LogP contribution in [0.15, 0.2) is 84.9 Å². The Hall–Kier alpha value is -2.81. The molecule has 0 fully saturated rings. The fourth-order valence-corrected chi connectivity index (χ4v) is 11.5. The molecule has 0 bridgehead atoms. The maximum absolute atomic E-state index is 13.3. The zero-order valence-electron chi connectivity index (χ0n) is 21.4. The minimum atomic E-state index is -4.84. The number of rotatable bonds is 5. The van der Waals surface area contributed by atoms with Crippen LogP contribution in [0.25, 0.3) is 22.3 Å². The van der Waals surface area contributed by atoms with Crippen molar-refractivity contribution < 1.29 is 9.79 Å². The number of fused-ring (bicyclic) bond motifs is 6. The first kappa shape index (κ1) is 23.6. The van der Waals surface area contributed by atoms with Gasteiger partial charge in [0.2, 0.25) is 0 Å². The summed E-state index contributed by atoms with van der Waals surface area (Å²) in [5, 5.41) is 1.36. The van der Waals surface area contributed by atoms with Gasteiger partial charge in [0.05, 0.1) is 0 Å². The van der Waals surface area contributed by atoms with Gasteiger partial charge >= 0.3 is 214 Å². The van der Waals surface area contributed by atoms with Gasteiger partial charge in [-0.05, 0) is 0 Å². The molecule has 2 aliphatic rings. The summed E-state index contributed by atoms with van der Waals surface area (Å²) in [7, 11) is -4.84. The molecule has 4 aromatic rings. The maximum atomic E-state index is 13.3. The second kappa shape index (κ2) is 8.10. The van der Waals surface area contributed by atoms with Crippen molar-refractivity contribution in [3.63, 3.8) is 0 Å². The first-order chi connectivity index (χ1) is 17.2. The molecule has 4 aromatic carbocycles. The van der Waals surface area contributed by atoms with E-state index in [0.29, 0.717) is 23.5 Å². The standard InChI is InChI=1S/C32H34NO2P/c1-21(2)33(22(3)4)36(34,35,31-17-9-15-27-25-13-7-5-11-23(25)19-29(27)31)32-18-10-16-28-26-14-8-6-12-24(26)20-30(28)32/h5-18,21-22,34-35H,19-20H2,1-4H3. The average Bonchev–Trinajstić information content (AvgIpc) is 3.41. The van der Waals surface area contributed by atoms with Crippen LogP contribution in [-0.4, -0.2) is 26.5 Å². The second-order valence-electron chi connectivity index (χ2n) is 10.8. The van der Waals surface area contributed by atoms with Crippen molar-refractivity contribution >= 4 is 17.8 Å². The van der Waals surface area contributed by atoms with Gasteiger partial charge in [-0.15, -0.1) is 0 Å². The Bertz CT molecular complexity index is 1400. The van der Waals surface area contributed by atoms with Gasteiger partial charge in [0, 0.05) is 0 Å². The van der Waals surface area contributed by atoms with Crippen LogP contribution in [0.4, 0.5) is 0 Å². The molecule has 2 N–H and O–H groups in total. The molecule has 0 saturated heterocycles. The van der Waals surface area contributed by atoms with Gasteiger partial charge in [-0.25, -0.2) is 0 Å². The Morgan fingerprint density at radius 1 is 0.556 bits per heavy atom. The Labute approximate surface area is 214 Å². The number of hydrogen-bond donors (Lipinski definition) is 2. The Morgan fingerprint density at radius 3 is 1.36 bits per heavy atom. The van der Waals surface area contributed by atoms with Gasteiger partial charge < -0.3 is 0 Å². The van der Waals surface area contributed by atoms with Crippen LogP contribution < -0.4 is 10.6 Å². The van der Waals surface area contributed by atoms with Crippen LogP contribution in [0, 0.1) is 0 Å². The van der Waals surface area contributed by atoms with Gasteiger partial charge in [-0.1, -0.05) is 0 Å². The van der Waals surface area contributed by atoms with Crippen molar-refractivity contribution in [1.29, 1.82) is 0 Å². The molecule has 6 rings (SSSR count). The van der Waals surface area contributed by atoms with E-state index in [1.165, 1.54) is 22.3 Å². The second-order valence-corrected chi connectivity index (χ2v) is 14.2. The Morgan fingerprint density at radius 2 is 0.944 bits per heavy atom. The van der Waals surface area contributed by atoms with E-state index >= 15 is 0 Å². The third-order valence-corrected chi connectivity index (χ3v) is 12.4. The summed E-state index contributed by atoms with van der Waals surface area (Å²) >= 11 is 0. The molecule has 0 radical (unpaired) electrons. The molecule has 0 spiro atoms. The molecule has 0 aliphatic heterocycles. The Balaban J connectivity index is 1.68. The predicted molar refractivity (Wildman–Crippen MR) is 152 cm³/mol. The van der Waals surface area contributed by atoms with Gasteiger partial charge in [0.1, 0.15) is 0 Å². The van der Waals surface area contributed by atoms with Gasteiger partial charge in [0.15, 0.2) is 0 Å². The fraction of sp³-hybridized carbons (Fsp3) is 0.250. The Kier molecular flexibility index (Phi) is 5.30. The summed E-state index contributed by atoms with van der Waals surface area (Å²) in [6.07, 6.45) is 1.42. The molecule has 0 atom stereocenters. The molecule has 0 heterocycles. The first-order valence-corrected chi connectivity index (χ1v) is 15.0. The monoisotopic (exact) mass is 495 g/mol. The average molecular weight is 496 g/mol. The SMILES string of the molecule is CC(C)N(C(C)C)P(O)(O)(c1cccc2c1Cc1ccccc1-2)c1cccc2c1Cc1ccccc1-2. The summed E-state index contributed by atoms with van der Waals surface area (Å²) < 4.78 is 2.00. The topological polar surface area (TPSA) is 43.7 Å². The van der Waals surface area contributed by atoms with Crippen LogP contribution in [0.3, 0.4) is 0 Å². The molecule has 2 aliphatic carbocycles. The molecule has 3 nitrogen and oxygen atoms in total. The van der Waals surface area contributed by atoms with Crippen molar-refractivity contribution in [2.45, 2.75) is 52.6 Å². The molecular formula is C32H34NO2P. The van der Waals surface area contributed by atoms with E-state index in [1.54, 1.807) is 0 Å². The number of benzene rings is 4. The van der Waals surface area contributed by atoms with E-state index in [4.69, 9.17) is 0 Å². The summed E-state index contributed by atoms with van der Waals surface area (Å²) in [4.78, 5) is 26.6. The third-order valence-electron chi connectivity index (χ3n) is 8.04. The number of hydrogen-bond acceptors (Lipinski definition) is 3. The molecule has 36 heavy (non-hydrogen) atoms. The molecule has 184 valence electrons. The van der Waals surface area contributed by atoms with Crippen LogP contribution in [0.5, 0.6) is 0 Å². The third kappa shape index (κ3) is 3.14. The van der Waals surface area contributed by atoms with Crippen molar-refractivity contribution in [2.75, 3.05) is 0 Å². The van der Waals surface area contributed by atoms with Gasteiger partial charge in [-0.2, -0.15) is 0 Å². The summed E-state index contributed by atoms with van der Waals surface area (Å²) in [5.41, 5.74) is 9.18. The zero-order chi connectivity index (χ0) is 25.3. The van der Waals surface area contributed by atoms with Gasteiger partial charge in [-0.3, -0.25) is 0 Å². The molecular weight excluding hydrogens is 461 g/mol. The van der Waals surface area contributed by atoms with Crippen LogP contribution in [0.2, 0.25) is 0 Å².